The van der Waals surface area contributed by atoms with Gasteiger partial charge in [0.2, 0.25) is 0 Å². The monoisotopic (exact) mass is 330 g/mol. The highest BCUT2D eigenvalue weighted by atomic mass is 35.5. The maximum Gasteiger partial charge on any atom is 0.136 e. The van der Waals surface area contributed by atoms with E-state index in [0.717, 1.165) is 46.8 Å². The predicted molar refractivity (Wildman–Crippen MR) is 96.9 cm³/mol. The SMILES string of the molecule is Cc1nc(Nc2ccc(Cl)cc2C)cc(N2CCCC(C)C2)n1. The second-order valence-electron chi connectivity index (χ2n) is 6.44. The molecule has 0 amide bonds. The molecule has 1 aliphatic rings. The average molecular weight is 331 g/mol. The second kappa shape index (κ2) is 6.75. The van der Waals surface area contributed by atoms with Gasteiger partial charge in [-0.3, -0.25) is 0 Å². The maximum absolute atomic E-state index is 6.03. The van der Waals surface area contributed by atoms with E-state index >= 15 is 0 Å². The van der Waals surface area contributed by atoms with Crippen molar-refractivity contribution in [3.63, 3.8) is 0 Å². The Bertz CT molecular complexity index is 701. The minimum absolute atomic E-state index is 0.717. The molecule has 1 aromatic carbocycles. The molecule has 1 aromatic heterocycles. The van der Waals surface area contributed by atoms with E-state index in [2.05, 4.69) is 27.1 Å². The molecule has 0 aliphatic carbocycles. The minimum Gasteiger partial charge on any atom is -0.356 e. The Kier molecular flexibility index (Phi) is 4.71. The molecule has 2 heterocycles. The Labute approximate surface area is 142 Å². The second-order valence-corrected chi connectivity index (χ2v) is 6.87. The van der Waals surface area contributed by atoms with Crippen LogP contribution in [-0.4, -0.2) is 23.1 Å². The Morgan fingerprint density at radius 1 is 1.22 bits per heavy atom. The first-order valence-electron chi connectivity index (χ1n) is 8.15. The van der Waals surface area contributed by atoms with Gasteiger partial charge in [0.1, 0.15) is 17.5 Å². The standard InChI is InChI=1S/C18H23ClN4/c1-12-5-4-8-23(11-12)18-10-17(20-14(3)21-18)22-16-7-6-15(19)9-13(16)2/h6-7,9-10,12H,4-5,8,11H2,1-3H3,(H,20,21,22). The van der Waals surface area contributed by atoms with Gasteiger partial charge < -0.3 is 10.2 Å². The Hall–Kier alpha value is -1.81. The van der Waals surface area contributed by atoms with Crippen LogP contribution in [0.15, 0.2) is 24.3 Å². The van der Waals surface area contributed by atoms with Crippen molar-refractivity contribution < 1.29 is 0 Å². The predicted octanol–water partition coefficient (Wildman–Crippen LogP) is 4.73. The van der Waals surface area contributed by atoms with Crippen LogP contribution in [0.5, 0.6) is 0 Å². The van der Waals surface area contributed by atoms with Gasteiger partial charge in [-0.05, 0) is 56.4 Å². The average Bonchev–Trinajstić information content (AvgIpc) is 2.50. The zero-order valence-corrected chi connectivity index (χ0v) is 14.7. The number of benzene rings is 1. The third kappa shape index (κ3) is 3.94. The number of nitrogens with one attached hydrogen (secondary N) is 1. The van der Waals surface area contributed by atoms with E-state index in [9.17, 15) is 0 Å². The molecule has 4 nitrogen and oxygen atoms in total. The van der Waals surface area contributed by atoms with Gasteiger partial charge >= 0.3 is 0 Å². The minimum atomic E-state index is 0.717. The van der Waals surface area contributed by atoms with E-state index in [0.29, 0.717) is 5.92 Å². The summed E-state index contributed by atoms with van der Waals surface area (Å²) in [6.45, 7) is 8.42. The zero-order chi connectivity index (χ0) is 16.4. The molecule has 3 rings (SSSR count). The van der Waals surface area contributed by atoms with Crippen molar-refractivity contribution in [3.8, 4) is 0 Å². The first-order valence-corrected chi connectivity index (χ1v) is 8.53. The van der Waals surface area contributed by atoms with Crippen LogP contribution in [0, 0.1) is 19.8 Å². The summed E-state index contributed by atoms with van der Waals surface area (Å²) in [6, 6.07) is 7.86. The van der Waals surface area contributed by atoms with Gasteiger partial charge in [-0.1, -0.05) is 18.5 Å². The molecule has 1 N–H and O–H groups in total. The fourth-order valence-corrected chi connectivity index (χ4v) is 3.31. The lowest BCUT2D eigenvalue weighted by atomic mass is 10.0. The fraction of sp³-hybridized carbons (Fsp3) is 0.444. The normalized spacial score (nSPS) is 18.1. The third-order valence-corrected chi connectivity index (χ3v) is 4.49. The molecule has 0 spiro atoms. The lowest BCUT2D eigenvalue weighted by Crippen LogP contribution is -2.35. The first-order chi connectivity index (χ1) is 11.0. The van der Waals surface area contributed by atoms with Crippen molar-refractivity contribution in [2.24, 2.45) is 5.92 Å². The highest BCUT2D eigenvalue weighted by molar-refractivity contribution is 6.30. The molecule has 1 saturated heterocycles. The summed E-state index contributed by atoms with van der Waals surface area (Å²) in [5.41, 5.74) is 2.12. The lowest BCUT2D eigenvalue weighted by Gasteiger charge is -2.32. The summed E-state index contributed by atoms with van der Waals surface area (Å²) in [4.78, 5) is 11.5. The number of aromatic nitrogens is 2. The summed E-state index contributed by atoms with van der Waals surface area (Å²) in [6.07, 6.45) is 2.53. The molecule has 122 valence electrons. The largest absolute Gasteiger partial charge is 0.356 e. The number of hydrogen-bond acceptors (Lipinski definition) is 4. The van der Waals surface area contributed by atoms with Crippen molar-refractivity contribution in [3.05, 3.63) is 40.7 Å². The van der Waals surface area contributed by atoms with Crippen LogP contribution in [0.4, 0.5) is 17.3 Å². The first kappa shape index (κ1) is 16.1. The highest BCUT2D eigenvalue weighted by Crippen LogP contribution is 2.26. The quantitative estimate of drug-likeness (QED) is 0.883. The van der Waals surface area contributed by atoms with E-state index in [1.807, 2.05) is 38.1 Å². The molecule has 0 saturated carbocycles. The maximum atomic E-state index is 6.03. The summed E-state index contributed by atoms with van der Waals surface area (Å²) in [5, 5.41) is 4.14. The molecule has 0 bridgehead atoms. The van der Waals surface area contributed by atoms with Crippen LogP contribution >= 0.6 is 11.6 Å². The molecule has 2 aromatic rings. The summed E-state index contributed by atoms with van der Waals surface area (Å²) >= 11 is 6.03. The Morgan fingerprint density at radius 3 is 2.78 bits per heavy atom. The highest BCUT2D eigenvalue weighted by Gasteiger charge is 2.18. The number of nitrogens with zero attached hydrogens (tertiary/aromatic N) is 3. The number of aryl methyl sites for hydroxylation is 2. The topological polar surface area (TPSA) is 41.1 Å². The third-order valence-electron chi connectivity index (χ3n) is 4.26. The lowest BCUT2D eigenvalue weighted by molar-refractivity contribution is 0.444. The smallest absolute Gasteiger partial charge is 0.136 e. The van der Waals surface area contributed by atoms with Crippen LogP contribution in [0.25, 0.3) is 0 Å². The molecule has 5 heteroatoms. The van der Waals surface area contributed by atoms with Crippen molar-refractivity contribution >= 4 is 28.9 Å². The van der Waals surface area contributed by atoms with Gasteiger partial charge in [0, 0.05) is 29.9 Å². The van der Waals surface area contributed by atoms with E-state index in [4.69, 9.17) is 11.6 Å². The van der Waals surface area contributed by atoms with Crippen LogP contribution < -0.4 is 10.2 Å². The van der Waals surface area contributed by atoms with Crippen molar-refractivity contribution in [2.75, 3.05) is 23.3 Å². The number of hydrogen-bond donors (Lipinski definition) is 1. The van der Waals surface area contributed by atoms with Gasteiger partial charge in [0.25, 0.3) is 0 Å². The molecule has 1 atom stereocenters. The van der Waals surface area contributed by atoms with Crippen molar-refractivity contribution in [1.29, 1.82) is 0 Å². The zero-order valence-electron chi connectivity index (χ0n) is 13.9. The van der Waals surface area contributed by atoms with Gasteiger partial charge in [-0.2, -0.15) is 0 Å². The van der Waals surface area contributed by atoms with E-state index < -0.39 is 0 Å². The Morgan fingerprint density at radius 2 is 2.04 bits per heavy atom. The molecule has 1 unspecified atom stereocenters. The fourth-order valence-electron chi connectivity index (χ4n) is 3.08. The van der Waals surface area contributed by atoms with Crippen LogP contribution in [0.1, 0.15) is 31.2 Å². The van der Waals surface area contributed by atoms with E-state index in [1.165, 1.54) is 12.8 Å². The Balaban J connectivity index is 1.85. The van der Waals surface area contributed by atoms with E-state index in [-0.39, 0.29) is 0 Å². The summed E-state index contributed by atoms with van der Waals surface area (Å²) in [5.74, 6) is 3.35. The van der Waals surface area contributed by atoms with Crippen LogP contribution in [0.3, 0.4) is 0 Å². The number of piperidine rings is 1. The van der Waals surface area contributed by atoms with Gasteiger partial charge in [-0.25, -0.2) is 9.97 Å². The van der Waals surface area contributed by atoms with Crippen molar-refractivity contribution in [2.45, 2.75) is 33.6 Å². The number of rotatable bonds is 3. The molecule has 0 radical (unpaired) electrons. The molecule has 1 aliphatic heterocycles. The van der Waals surface area contributed by atoms with Gasteiger partial charge in [0.05, 0.1) is 0 Å². The van der Waals surface area contributed by atoms with Gasteiger partial charge in [-0.15, -0.1) is 0 Å². The molecule has 23 heavy (non-hydrogen) atoms. The summed E-state index contributed by atoms with van der Waals surface area (Å²) < 4.78 is 0. The van der Waals surface area contributed by atoms with E-state index in [1.54, 1.807) is 0 Å². The van der Waals surface area contributed by atoms with Crippen LogP contribution in [-0.2, 0) is 0 Å². The molecule has 1 fully saturated rings. The van der Waals surface area contributed by atoms with Crippen LogP contribution in [0.2, 0.25) is 5.02 Å². The molecular weight excluding hydrogens is 308 g/mol. The summed E-state index contributed by atoms with van der Waals surface area (Å²) in [7, 11) is 0. The molecular formula is C18H23ClN4. The van der Waals surface area contributed by atoms with Gasteiger partial charge in [0.15, 0.2) is 0 Å². The van der Waals surface area contributed by atoms with Crippen molar-refractivity contribution in [1.82, 2.24) is 9.97 Å². The number of halogens is 1. The number of anilines is 3.